The van der Waals surface area contributed by atoms with Gasteiger partial charge in [-0.15, -0.1) is 11.8 Å². The third kappa shape index (κ3) is 5.43. The Morgan fingerprint density at radius 2 is 1.87 bits per heavy atom. The van der Waals surface area contributed by atoms with Crippen LogP contribution in [0.1, 0.15) is 5.56 Å². The first kappa shape index (κ1) is 17.1. The van der Waals surface area contributed by atoms with E-state index in [1.165, 1.54) is 6.21 Å². The normalized spacial score (nSPS) is 10.5. The zero-order valence-electron chi connectivity index (χ0n) is 12.2. The zero-order valence-corrected chi connectivity index (χ0v) is 13.8. The average molecular weight is 348 g/mol. The first-order valence-electron chi connectivity index (χ1n) is 6.62. The van der Waals surface area contributed by atoms with Crippen LogP contribution in [0, 0.1) is 0 Å². The van der Waals surface area contributed by atoms with E-state index in [1.807, 2.05) is 12.3 Å². The molecule has 23 heavy (non-hydrogen) atoms. The van der Waals surface area contributed by atoms with Crippen molar-refractivity contribution in [2.45, 2.75) is 4.90 Å². The fraction of sp³-hybridized carbons (Fsp3) is 0.0625. The van der Waals surface area contributed by atoms with Gasteiger partial charge >= 0.3 is 11.8 Å². The Morgan fingerprint density at radius 3 is 2.57 bits per heavy atom. The molecule has 118 valence electrons. The maximum absolute atomic E-state index is 11.8. The van der Waals surface area contributed by atoms with Crippen LogP contribution in [-0.2, 0) is 9.59 Å². The molecule has 0 saturated heterocycles. The number of nitrogens with zero attached hydrogens (tertiary/aromatic N) is 1. The van der Waals surface area contributed by atoms with Crippen LogP contribution in [0.5, 0.6) is 0 Å². The number of benzene rings is 2. The molecule has 2 amide bonds. The predicted octanol–water partition coefficient (Wildman–Crippen LogP) is 3.15. The van der Waals surface area contributed by atoms with Crippen LogP contribution >= 0.6 is 23.4 Å². The number of rotatable bonds is 4. The van der Waals surface area contributed by atoms with Crippen LogP contribution in [0.4, 0.5) is 5.69 Å². The van der Waals surface area contributed by atoms with Gasteiger partial charge in [-0.25, -0.2) is 5.43 Å². The number of anilines is 1. The van der Waals surface area contributed by atoms with Gasteiger partial charge in [-0.05, 0) is 42.2 Å². The van der Waals surface area contributed by atoms with E-state index in [-0.39, 0.29) is 0 Å². The van der Waals surface area contributed by atoms with Crippen molar-refractivity contribution < 1.29 is 9.59 Å². The lowest BCUT2D eigenvalue weighted by Crippen LogP contribution is -2.32. The molecule has 0 spiro atoms. The molecular weight excluding hydrogens is 334 g/mol. The lowest BCUT2D eigenvalue weighted by Gasteiger charge is -2.05. The summed E-state index contributed by atoms with van der Waals surface area (Å²) >= 11 is 7.31. The highest BCUT2D eigenvalue weighted by Gasteiger charge is 2.12. The van der Waals surface area contributed by atoms with Crippen molar-refractivity contribution in [2.75, 3.05) is 11.6 Å². The summed E-state index contributed by atoms with van der Waals surface area (Å²) in [6, 6.07) is 14.1. The second-order valence-corrected chi connectivity index (χ2v) is 5.75. The van der Waals surface area contributed by atoms with Gasteiger partial charge < -0.3 is 5.32 Å². The Bertz CT molecular complexity index is 732. The number of hydrazone groups is 1. The molecule has 0 heterocycles. The maximum atomic E-state index is 11.8. The molecule has 0 bridgehead atoms. The van der Waals surface area contributed by atoms with Crippen LogP contribution in [0.3, 0.4) is 0 Å². The van der Waals surface area contributed by atoms with Gasteiger partial charge in [0.1, 0.15) is 0 Å². The molecular formula is C16H14ClN3O2S. The van der Waals surface area contributed by atoms with Crippen LogP contribution in [0.2, 0.25) is 5.02 Å². The topological polar surface area (TPSA) is 70.6 Å². The van der Waals surface area contributed by atoms with Crippen molar-refractivity contribution in [3.63, 3.8) is 0 Å². The molecule has 0 aromatic heterocycles. The van der Waals surface area contributed by atoms with Gasteiger partial charge in [-0.2, -0.15) is 5.10 Å². The van der Waals surface area contributed by atoms with Gasteiger partial charge in [0.2, 0.25) is 0 Å². The minimum absolute atomic E-state index is 0.554. The summed E-state index contributed by atoms with van der Waals surface area (Å²) in [6.45, 7) is 0. The number of thioether (sulfide) groups is 1. The summed E-state index contributed by atoms with van der Waals surface area (Å²) in [5.41, 5.74) is 3.48. The van der Waals surface area contributed by atoms with E-state index in [2.05, 4.69) is 15.8 Å². The Morgan fingerprint density at radius 1 is 1.13 bits per heavy atom. The average Bonchev–Trinajstić information content (AvgIpc) is 2.56. The molecule has 0 aliphatic carbocycles. The molecule has 0 saturated carbocycles. The number of amides is 2. The van der Waals surface area contributed by atoms with Gasteiger partial charge in [0.05, 0.1) is 6.21 Å². The number of halogens is 1. The monoisotopic (exact) mass is 347 g/mol. The maximum Gasteiger partial charge on any atom is 0.329 e. The molecule has 2 rings (SSSR count). The van der Waals surface area contributed by atoms with E-state index in [4.69, 9.17) is 11.6 Å². The molecule has 0 atom stereocenters. The van der Waals surface area contributed by atoms with Crippen molar-refractivity contribution in [2.24, 2.45) is 5.10 Å². The van der Waals surface area contributed by atoms with Crippen molar-refractivity contribution in [3.8, 4) is 0 Å². The lowest BCUT2D eigenvalue weighted by atomic mass is 10.2. The molecule has 2 aromatic carbocycles. The molecule has 0 fully saturated rings. The van der Waals surface area contributed by atoms with Gasteiger partial charge in [-0.1, -0.05) is 29.8 Å². The number of nitrogens with one attached hydrogen (secondary N) is 2. The molecule has 0 aliphatic heterocycles. The van der Waals surface area contributed by atoms with E-state index in [0.29, 0.717) is 10.7 Å². The van der Waals surface area contributed by atoms with Crippen molar-refractivity contribution in [3.05, 3.63) is 59.1 Å². The predicted molar refractivity (Wildman–Crippen MR) is 94.0 cm³/mol. The Balaban J connectivity index is 1.89. The van der Waals surface area contributed by atoms with E-state index in [9.17, 15) is 9.59 Å². The molecule has 7 heteroatoms. The molecule has 0 radical (unpaired) electrons. The first-order chi connectivity index (χ1) is 11.1. The molecule has 5 nitrogen and oxygen atoms in total. The second kappa shape index (κ2) is 8.36. The number of hydrogen-bond acceptors (Lipinski definition) is 4. The highest BCUT2D eigenvalue weighted by Crippen LogP contribution is 2.18. The lowest BCUT2D eigenvalue weighted by molar-refractivity contribution is -0.136. The van der Waals surface area contributed by atoms with Gasteiger partial charge in [0, 0.05) is 15.6 Å². The highest BCUT2D eigenvalue weighted by molar-refractivity contribution is 7.98. The van der Waals surface area contributed by atoms with Crippen LogP contribution in [0.15, 0.2) is 58.5 Å². The number of carbonyl (C=O) groups excluding carboxylic acids is 2. The summed E-state index contributed by atoms with van der Waals surface area (Å²) < 4.78 is 0. The van der Waals surface area contributed by atoms with E-state index >= 15 is 0 Å². The minimum Gasteiger partial charge on any atom is -0.318 e. The van der Waals surface area contributed by atoms with Crippen molar-refractivity contribution in [1.82, 2.24) is 5.43 Å². The van der Waals surface area contributed by atoms with E-state index in [1.54, 1.807) is 54.2 Å². The number of carbonyl (C=O) groups is 2. The fourth-order valence-electron chi connectivity index (χ4n) is 1.65. The zero-order chi connectivity index (χ0) is 16.7. The smallest absolute Gasteiger partial charge is 0.318 e. The highest BCUT2D eigenvalue weighted by atomic mass is 35.5. The summed E-state index contributed by atoms with van der Waals surface area (Å²) in [7, 11) is 0. The molecule has 2 aromatic rings. The van der Waals surface area contributed by atoms with Gasteiger partial charge in [0.15, 0.2) is 0 Å². The Kier molecular flexibility index (Phi) is 6.19. The van der Waals surface area contributed by atoms with E-state index < -0.39 is 11.8 Å². The van der Waals surface area contributed by atoms with Crippen LogP contribution < -0.4 is 10.7 Å². The molecule has 2 N–H and O–H groups in total. The van der Waals surface area contributed by atoms with Crippen LogP contribution in [0.25, 0.3) is 0 Å². The SMILES string of the molecule is CSc1cccc(NC(=O)C(=O)NN=Cc2ccc(Cl)cc2)c1. The summed E-state index contributed by atoms with van der Waals surface area (Å²) in [5, 5.41) is 6.86. The second-order valence-electron chi connectivity index (χ2n) is 4.44. The van der Waals surface area contributed by atoms with Crippen molar-refractivity contribution in [1.29, 1.82) is 0 Å². The third-order valence-electron chi connectivity index (χ3n) is 2.78. The third-order valence-corrected chi connectivity index (χ3v) is 3.76. The summed E-state index contributed by atoms with van der Waals surface area (Å²) in [6.07, 6.45) is 3.36. The molecule has 0 aliphatic rings. The number of hydrogen-bond donors (Lipinski definition) is 2. The summed E-state index contributed by atoms with van der Waals surface area (Å²) in [4.78, 5) is 24.5. The first-order valence-corrected chi connectivity index (χ1v) is 8.23. The quantitative estimate of drug-likeness (QED) is 0.386. The van der Waals surface area contributed by atoms with Crippen LogP contribution in [-0.4, -0.2) is 24.3 Å². The van der Waals surface area contributed by atoms with E-state index in [0.717, 1.165) is 10.5 Å². The van der Waals surface area contributed by atoms with Gasteiger partial charge in [-0.3, -0.25) is 9.59 Å². The fourth-order valence-corrected chi connectivity index (χ4v) is 2.24. The Labute approximate surface area is 143 Å². The van der Waals surface area contributed by atoms with Crippen molar-refractivity contribution >= 4 is 47.1 Å². The standard InChI is InChI=1S/C16H14ClN3O2S/c1-23-14-4-2-3-13(9-14)19-15(21)16(22)20-18-10-11-5-7-12(17)8-6-11/h2-10H,1H3,(H,19,21)(H,20,22). The largest absolute Gasteiger partial charge is 0.329 e. The molecule has 0 unspecified atom stereocenters. The summed E-state index contributed by atoms with van der Waals surface area (Å²) in [5.74, 6) is -1.62. The van der Waals surface area contributed by atoms with Gasteiger partial charge in [0.25, 0.3) is 0 Å². The Hall–Kier alpha value is -2.31. The minimum atomic E-state index is -0.843.